The first-order valence-electron chi connectivity index (χ1n) is 6.28. The molecular formula is C14H14ClFN2OS. The molecular weight excluding hydrogens is 299 g/mol. The van der Waals surface area contributed by atoms with Gasteiger partial charge in [0.2, 0.25) is 0 Å². The van der Waals surface area contributed by atoms with E-state index >= 15 is 0 Å². The van der Waals surface area contributed by atoms with Crippen LogP contribution < -0.4 is 5.32 Å². The molecule has 6 heteroatoms. The lowest BCUT2D eigenvalue weighted by molar-refractivity contribution is 0.102. The maximum Gasteiger partial charge on any atom is 0.260 e. The number of carbonyl (C=O) groups is 1. The molecule has 0 aliphatic heterocycles. The van der Waals surface area contributed by atoms with Gasteiger partial charge >= 0.3 is 0 Å². The van der Waals surface area contributed by atoms with Crippen LogP contribution in [0.5, 0.6) is 0 Å². The van der Waals surface area contributed by atoms with Crippen LogP contribution in [0, 0.1) is 5.82 Å². The van der Waals surface area contributed by atoms with Crippen molar-refractivity contribution in [2.24, 2.45) is 0 Å². The Balaban J connectivity index is 0.00000147. The number of anilines is 1. The fourth-order valence-electron chi connectivity index (χ4n) is 2.22. The largest absolute Gasteiger partial charge is 0.298 e. The second-order valence-corrected chi connectivity index (χ2v) is 5.61. The highest BCUT2D eigenvalue weighted by Gasteiger charge is 2.17. The lowest BCUT2D eigenvalue weighted by atomic mass is 10.0. The van der Waals surface area contributed by atoms with Crippen molar-refractivity contribution in [3.8, 4) is 0 Å². The van der Waals surface area contributed by atoms with Crippen molar-refractivity contribution >= 4 is 34.8 Å². The van der Waals surface area contributed by atoms with Gasteiger partial charge in [-0.1, -0.05) is 12.1 Å². The van der Waals surface area contributed by atoms with Crippen molar-refractivity contribution in [3.05, 3.63) is 46.2 Å². The van der Waals surface area contributed by atoms with E-state index in [0.29, 0.717) is 5.13 Å². The first-order chi connectivity index (χ1) is 9.24. The van der Waals surface area contributed by atoms with E-state index in [1.807, 2.05) is 0 Å². The predicted molar refractivity (Wildman–Crippen MR) is 80.4 cm³/mol. The smallest absolute Gasteiger partial charge is 0.260 e. The quantitative estimate of drug-likeness (QED) is 0.915. The molecule has 0 spiro atoms. The SMILES string of the molecule is Cl.O=C(Nc1nc2c(s1)CCCC2)c1ccccc1F. The summed E-state index contributed by atoms with van der Waals surface area (Å²) in [5.41, 5.74) is 1.13. The Morgan fingerprint density at radius 1 is 1.25 bits per heavy atom. The summed E-state index contributed by atoms with van der Waals surface area (Å²) in [5.74, 6) is -0.953. The molecule has 106 valence electrons. The fraction of sp³-hybridized carbons (Fsp3) is 0.286. The van der Waals surface area contributed by atoms with Crippen molar-refractivity contribution in [1.29, 1.82) is 0 Å². The highest BCUT2D eigenvalue weighted by atomic mass is 35.5. The van der Waals surface area contributed by atoms with Crippen molar-refractivity contribution in [2.45, 2.75) is 25.7 Å². The molecule has 1 N–H and O–H groups in total. The van der Waals surface area contributed by atoms with E-state index in [1.54, 1.807) is 12.1 Å². The Kier molecular flexibility index (Phi) is 4.73. The summed E-state index contributed by atoms with van der Waals surface area (Å²) < 4.78 is 13.5. The number of halogens is 2. The summed E-state index contributed by atoms with van der Waals surface area (Å²) in [4.78, 5) is 17.6. The van der Waals surface area contributed by atoms with E-state index in [4.69, 9.17) is 0 Å². The first-order valence-corrected chi connectivity index (χ1v) is 7.10. The number of nitrogens with zero attached hydrogens (tertiary/aromatic N) is 1. The van der Waals surface area contributed by atoms with Crippen LogP contribution in [0.15, 0.2) is 24.3 Å². The Bertz CT molecular complexity index is 606. The molecule has 0 atom stereocenters. The highest BCUT2D eigenvalue weighted by molar-refractivity contribution is 7.15. The Labute approximate surface area is 126 Å². The molecule has 1 aromatic heterocycles. The van der Waals surface area contributed by atoms with E-state index in [9.17, 15) is 9.18 Å². The fourth-order valence-corrected chi connectivity index (χ4v) is 3.26. The molecule has 0 fully saturated rings. The molecule has 3 nitrogen and oxygen atoms in total. The van der Waals surface area contributed by atoms with Gasteiger partial charge in [-0.2, -0.15) is 0 Å². The number of thiazole rings is 1. The lowest BCUT2D eigenvalue weighted by Gasteiger charge is -2.06. The van der Waals surface area contributed by atoms with Gasteiger partial charge in [-0.05, 0) is 37.8 Å². The van der Waals surface area contributed by atoms with E-state index < -0.39 is 11.7 Å². The molecule has 0 saturated carbocycles. The number of hydrogen-bond acceptors (Lipinski definition) is 3. The van der Waals surface area contributed by atoms with Gasteiger partial charge in [0.15, 0.2) is 5.13 Å². The zero-order chi connectivity index (χ0) is 13.2. The minimum atomic E-state index is -0.513. The van der Waals surface area contributed by atoms with Crippen molar-refractivity contribution < 1.29 is 9.18 Å². The molecule has 1 aliphatic carbocycles. The van der Waals surface area contributed by atoms with Crippen LogP contribution in [0.25, 0.3) is 0 Å². The normalized spacial score (nSPS) is 13.2. The maximum atomic E-state index is 13.5. The van der Waals surface area contributed by atoms with Gasteiger partial charge < -0.3 is 0 Å². The van der Waals surface area contributed by atoms with Gasteiger partial charge in [-0.3, -0.25) is 10.1 Å². The molecule has 0 saturated heterocycles. The number of aryl methyl sites for hydroxylation is 2. The predicted octanol–water partition coefficient (Wildman–Crippen LogP) is 3.84. The number of hydrogen-bond donors (Lipinski definition) is 1. The molecule has 1 amide bonds. The third-order valence-corrected chi connectivity index (χ3v) is 4.26. The van der Waals surface area contributed by atoms with E-state index in [2.05, 4.69) is 10.3 Å². The first kappa shape index (κ1) is 14.9. The number of aromatic nitrogens is 1. The number of fused-ring (bicyclic) bond motifs is 1. The number of nitrogens with one attached hydrogen (secondary N) is 1. The number of amides is 1. The monoisotopic (exact) mass is 312 g/mol. The molecule has 3 rings (SSSR count). The number of carbonyl (C=O) groups excluding carboxylic acids is 1. The minimum Gasteiger partial charge on any atom is -0.298 e. The molecule has 2 aromatic rings. The van der Waals surface area contributed by atoms with E-state index in [1.165, 1.54) is 34.8 Å². The zero-order valence-corrected chi connectivity index (χ0v) is 12.3. The summed E-state index contributed by atoms with van der Waals surface area (Å²) in [7, 11) is 0. The molecule has 1 aliphatic rings. The van der Waals surface area contributed by atoms with Crippen molar-refractivity contribution in [1.82, 2.24) is 4.98 Å². The Morgan fingerprint density at radius 2 is 2.00 bits per heavy atom. The summed E-state index contributed by atoms with van der Waals surface area (Å²) in [6, 6.07) is 5.96. The second kappa shape index (κ2) is 6.33. The molecule has 1 aromatic carbocycles. The average molecular weight is 313 g/mol. The summed E-state index contributed by atoms with van der Waals surface area (Å²) >= 11 is 1.50. The molecule has 0 radical (unpaired) electrons. The number of benzene rings is 1. The van der Waals surface area contributed by atoms with Crippen LogP contribution in [0.2, 0.25) is 0 Å². The van der Waals surface area contributed by atoms with Gasteiger partial charge in [0.1, 0.15) is 5.82 Å². The molecule has 20 heavy (non-hydrogen) atoms. The van der Waals surface area contributed by atoms with E-state index in [0.717, 1.165) is 25.0 Å². The van der Waals surface area contributed by atoms with Crippen molar-refractivity contribution in [2.75, 3.05) is 5.32 Å². The molecule has 0 unspecified atom stereocenters. The third kappa shape index (κ3) is 2.99. The Morgan fingerprint density at radius 3 is 2.75 bits per heavy atom. The maximum absolute atomic E-state index is 13.5. The number of rotatable bonds is 2. The molecule has 0 bridgehead atoms. The van der Waals surface area contributed by atoms with Gasteiger partial charge in [-0.15, -0.1) is 23.7 Å². The van der Waals surface area contributed by atoms with Crippen LogP contribution in [0.4, 0.5) is 9.52 Å². The third-order valence-electron chi connectivity index (χ3n) is 3.18. The van der Waals surface area contributed by atoms with Crippen LogP contribution in [0.3, 0.4) is 0 Å². The van der Waals surface area contributed by atoms with Crippen molar-refractivity contribution in [3.63, 3.8) is 0 Å². The molecule has 1 heterocycles. The summed E-state index contributed by atoms with van der Waals surface area (Å²) in [6.45, 7) is 0. The van der Waals surface area contributed by atoms with Gasteiger partial charge in [0.05, 0.1) is 11.3 Å². The second-order valence-electron chi connectivity index (χ2n) is 4.53. The average Bonchev–Trinajstić information content (AvgIpc) is 2.81. The summed E-state index contributed by atoms with van der Waals surface area (Å²) in [5, 5.41) is 3.25. The highest BCUT2D eigenvalue weighted by Crippen LogP contribution is 2.29. The van der Waals surface area contributed by atoms with Crippen LogP contribution in [-0.4, -0.2) is 10.9 Å². The summed E-state index contributed by atoms with van der Waals surface area (Å²) in [6.07, 6.45) is 4.33. The van der Waals surface area contributed by atoms with Crippen LogP contribution in [0.1, 0.15) is 33.8 Å². The standard InChI is InChI=1S/C14H13FN2OS.ClH/c15-10-6-2-1-5-9(10)13(18)17-14-16-11-7-3-4-8-12(11)19-14;/h1-2,5-6H,3-4,7-8H2,(H,16,17,18);1H. The van der Waals surface area contributed by atoms with Crippen LogP contribution >= 0.6 is 23.7 Å². The van der Waals surface area contributed by atoms with Gasteiger partial charge in [0, 0.05) is 4.88 Å². The van der Waals surface area contributed by atoms with E-state index in [-0.39, 0.29) is 18.0 Å². The van der Waals surface area contributed by atoms with Gasteiger partial charge in [0.25, 0.3) is 5.91 Å². The zero-order valence-electron chi connectivity index (χ0n) is 10.7. The Hall–Kier alpha value is -1.46. The minimum absolute atomic E-state index is 0. The van der Waals surface area contributed by atoms with Crippen LogP contribution in [-0.2, 0) is 12.8 Å². The lowest BCUT2D eigenvalue weighted by Crippen LogP contribution is -2.13. The topological polar surface area (TPSA) is 42.0 Å². The van der Waals surface area contributed by atoms with Gasteiger partial charge in [-0.25, -0.2) is 9.37 Å².